The van der Waals surface area contributed by atoms with E-state index in [1.165, 1.54) is 0 Å². The average Bonchev–Trinajstić information content (AvgIpc) is 2.72. The van der Waals surface area contributed by atoms with E-state index in [-0.39, 0.29) is 6.04 Å². The number of hydrogen-bond donors (Lipinski definition) is 2. The van der Waals surface area contributed by atoms with Crippen LogP contribution in [0.1, 0.15) is 29.7 Å². The molecule has 4 heteroatoms. The van der Waals surface area contributed by atoms with Crippen molar-refractivity contribution < 1.29 is 14.6 Å². The molecule has 0 fully saturated rings. The molecule has 3 N–H and O–H groups in total. The zero-order valence-corrected chi connectivity index (χ0v) is 15.4. The summed E-state index contributed by atoms with van der Waals surface area (Å²) >= 11 is 0. The monoisotopic (exact) mass is 363 g/mol. The summed E-state index contributed by atoms with van der Waals surface area (Å²) in [6.07, 6.45) is -0.757. The number of nitrogens with two attached hydrogens (primary N) is 1. The molecule has 0 aliphatic carbocycles. The van der Waals surface area contributed by atoms with Gasteiger partial charge in [-0.3, -0.25) is 0 Å². The first-order valence-corrected chi connectivity index (χ1v) is 9.04. The summed E-state index contributed by atoms with van der Waals surface area (Å²) in [7, 11) is 0. The van der Waals surface area contributed by atoms with Crippen LogP contribution >= 0.6 is 0 Å². The van der Waals surface area contributed by atoms with Gasteiger partial charge in [0.2, 0.25) is 0 Å². The lowest BCUT2D eigenvalue weighted by Crippen LogP contribution is -2.24. The molecule has 0 aliphatic rings. The molecule has 0 spiro atoms. The van der Waals surface area contributed by atoms with Crippen molar-refractivity contribution in [2.24, 2.45) is 5.73 Å². The predicted octanol–water partition coefficient (Wildman–Crippen LogP) is 4.23. The number of ether oxygens (including phenoxy) is 2. The highest BCUT2D eigenvalue weighted by atomic mass is 16.5. The van der Waals surface area contributed by atoms with Gasteiger partial charge >= 0.3 is 0 Å². The molecule has 27 heavy (non-hydrogen) atoms. The van der Waals surface area contributed by atoms with Gasteiger partial charge in [-0.05, 0) is 35.7 Å². The Kier molecular flexibility index (Phi) is 6.47. The maximum atomic E-state index is 10.3. The van der Waals surface area contributed by atoms with E-state index in [2.05, 4.69) is 0 Å². The first-order valence-electron chi connectivity index (χ1n) is 9.04. The maximum Gasteiger partial charge on any atom is 0.162 e. The van der Waals surface area contributed by atoms with Gasteiger partial charge in [0.05, 0.1) is 6.10 Å². The van der Waals surface area contributed by atoms with Crippen LogP contribution in [0.3, 0.4) is 0 Å². The van der Waals surface area contributed by atoms with Gasteiger partial charge in [-0.15, -0.1) is 0 Å². The summed E-state index contributed by atoms with van der Waals surface area (Å²) in [5, 5.41) is 10.3. The number of hydrogen-bond acceptors (Lipinski definition) is 4. The number of aliphatic hydroxyl groups is 1. The smallest absolute Gasteiger partial charge is 0.162 e. The highest BCUT2D eigenvalue weighted by molar-refractivity contribution is 5.44. The molecule has 2 atom stereocenters. The van der Waals surface area contributed by atoms with Crippen molar-refractivity contribution in [3.63, 3.8) is 0 Å². The fraction of sp³-hybridized carbons (Fsp3) is 0.217. The van der Waals surface area contributed by atoms with Gasteiger partial charge < -0.3 is 20.3 Å². The van der Waals surface area contributed by atoms with E-state index in [1.54, 1.807) is 13.0 Å². The first kappa shape index (κ1) is 19.0. The van der Waals surface area contributed by atoms with Crippen molar-refractivity contribution in [1.82, 2.24) is 0 Å². The van der Waals surface area contributed by atoms with Gasteiger partial charge in [-0.25, -0.2) is 0 Å². The van der Waals surface area contributed by atoms with E-state index in [0.29, 0.717) is 30.3 Å². The summed E-state index contributed by atoms with van der Waals surface area (Å²) in [4.78, 5) is 0. The summed E-state index contributed by atoms with van der Waals surface area (Å²) in [5.41, 5.74) is 8.68. The fourth-order valence-corrected chi connectivity index (χ4v) is 2.71. The molecule has 0 radical (unpaired) electrons. The van der Waals surface area contributed by atoms with E-state index in [1.807, 2.05) is 72.8 Å². The summed E-state index contributed by atoms with van der Waals surface area (Å²) in [5.74, 6) is 1.22. The Hall–Kier alpha value is -2.82. The zero-order chi connectivity index (χ0) is 19.1. The van der Waals surface area contributed by atoms with E-state index in [0.717, 1.165) is 11.1 Å². The van der Waals surface area contributed by atoms with Crippen LogP contribution < -0.4 is 15.2 Å². The van der Waals surface area contributed by atoms with Crippen molar-refractivity contribution in [3.05, 3.63) is 95.6 Å². The summed E-state index contributed by atoms with van der Waals surface area (Å²) < 4.78 is 12.0. The predicted molar refractivity (Wildman–Crippen MR) is 107 cm³/mol. The zero-order valence-electron chi connectivity index (χ0n) is 15.4. The summed E-state index contributed by atoms with van der Waals surface area (Å²) in [6, 6.07) is 25.0. The minimum atomic E-state index is -0.757. The average molecular weight is 363 g/mol. The molecule has 0 saturated carbocycles. The Labute approximate surface area is 160 Å². The number of rotatable bonds is 8. The second kappa shape index (κ2) is 9.21. The maximum absolute atomic E-state index is 10.3. The Morgan fingerprint density at radius 1 is 0.778 bits per heavy atom. The van der Waals surface area contributed by atoms with Crippen LogP contribution in [-0.2, 0) is 13.2 Å². The molecule has 4 nitrogen and oxygen atoms in total. The third-order valence-corrected chi connectivity index (χ3v) is 4.28. The van der Waals surface area contributed by atoms with Gasteiger partial charge in [0.1, 0.15) is 13.2 Å². The molecule has 3 aromatic carbocycles. The highest BCUT2D eigenvalue weighted by Crippen LogP contribution is 2.32. The molecule has 0 aromatic heterocycles. The minimum Gasteiger partial charge on any atom is -0.485 e. The summed E-state index contributed by atoms with van der Waals surface area (Å²) in [6.45, 7) is 2.63. The minimum absolute atomic E-state index is 0.372. The van der Waals surface area contributed by atoms with Crippen LogP contribution in [0, 0.1) is 0 Å². The second-order valence-corrected chi connectivity index (χ2v) is 6.56. The standard InChI is InChI=1S/C23H25NO3/c1-17(24)23(25)20-12-13-21(26-15-18-8-4-2-5-9-18)22(14-20)27-16-19-10-6-3-7-11-19/h2-14,17,23,25H,15-16,24H2,1H3/t17-,23-/m0/s1. The van der Waals surface area contributed by atoms with Gasteiger partial charge in [0, 0.05) is 6.04 Å². The van der Waals surface area contributed by atoms with E-state index in [4.69, 9.17) is 15.2 Å². The van der Waals surface area contributed by atoms with Crippen molar-refractivity contribution >= 4 is 0 Å². The van der Waals surface area contributed by atoms with Crippen LogP contribution in [0.15, 0.2) is 78.9 Å². The lowest BCUT2D eigenvalue weighted by molar-refractivity contribution is 0.152. The molecule has 0 unspecified atom stereocenters. The third-order valence-electron chi connectivity index (χ3n) is 4.28. The number of aliphatic hydroxyl groups excluding tert-OH is 1. The lowest BCUT2D eigenvalue weighted by atomic mass is 10.0. The second-order valence-electron chi connectivity index (χ2n) is 6.56. The van der Waals surface area contributed by atoms with Gasteiger partial charge in [-0.1, -0.05) is 66.7 Å². The first-order chi connectivity index (χ1) is 13.1. The molecule has 0 heterocycles. The van der Waals surface area contributed by atoms with Crippen LogP contribution in [0.25, 0.3) is 0 Å². The van der Waals surface area contributed by atoms with Crippen LogP contribution in [-0.4, -0.2) is 11.1 Å². The normalized spacial score (nSPS) is 13.0. The molecule has 0 saturated heterocycles. The molecule has 3 rings (SSSR count). The van der Waals surface area contributed by atoms with Crippen LogP contribution in [0.2, 0.25) is 0 Å². The van der Waals surface area contributed by atoms with Crippen molar-refractivity contribution in [2.75, 3.05) is 0 Å². The Morgan fingerprint density at radius 2 is 1.30 bits per heavy atom. The SMILES string of the molecule is C[C@H](N)[C@H](O)c1ccc(OCc2ccccc2)c(OCc2ccccc2)c1. The van der Waals surface area contributed by atoms with Crippen molar-refractivity contribution in [1.29, 1.82) is 0 Å². The Morgan fingerprint density at radius 3 is 1.81 bits per heavy atom. The lowest BCUT2D eigenvalue weighted by Gasteiger charge is -2.18. The van der Waals surface area contributed by atoms with E-state index in [9.17, 15) is 5.11 Å². The van der Waals surface area contributed by atoms with Crippen molar-refractivity contribution in [3.8, 4) is 11.5 Å². The third kappa shape index (κ3) is 5.33. The number of benzene rings is 3. The quantitative estimate of drug-likeness (QED) is 0.629. The van der Waals surface area contributed by atoms with Gasteiger partial charge in [-0.2, -0.15) is 0 Å². The van der Waals surface area contributed by atoms with Gasteiger partial charge in [0.15, 0.2) is 11.5 Å². The Balaban J connectivity index is 1.79. The molecular formula is C23H25NO3. The molecule has 3 aromatic rings. The fourth-order valence-electron chi connectivity index (χ4n) is 2.71. The van der Waals surface area contributed by atoms with Crippen molar-refractivity contribution in [2.45, 2.75) is 32.3 Å². The molecule has 0 amide bonds. The van der Waals surface area contributed by atoms with Crippen LogP contribution in [0.4, 0.5) is 0 Å². The largest absolute Gasteiger partial charge is 0.485 e. The molecular weight excluding hydrogens is 338 g/mol. The van der Waals surface area contributed by atoms with Gasteiger partial charge in [0.25, 0.3) is 0 Å². The topological polar surface area (TPSA) is 64.7 Å². The highest BCUT2D eigenvalue weighted by Gasteiger charge is 2.16. The van der Waals surface area contributed by atoms with Crippen LogP contribution in [0.5, 0.6) is 11.5 Å². The molecule has 0 aliphatic heterocycles. The van der Waals surface area contributed by atoms with E-state index >= 15 is 0 Å². The van der Waals surface area contributed by atoms with E-state index < -0.39 is 6.10 Å². The Bertz CT molecular complexity index is 835. The molecule has 140 valence electrons. The molecule has 0 bridgehead atoms.